The Morgan fingerprint density at radius 1 is 1.05 bits per heavy atom. The van der Waals surface area contributed by atoms with Crippen molar-refractivity contribution in [1.82, 2.24) is 35.1 Å². The first-order valence-corrected chi connectivity index (χ1v) is 18.3. The molecule has 14 nitrogen and oxygen atoms in total. The normalized spacial score (nSPS) is 19.9. The van der Waals surface area contributed by atoms with Crippen molar-refractivity contribution in [2.24, 2.45) is 11.8 Å². The number of amides is 3. The fraction of sp³-hybridized carbons (Fsp3) is 0.410. The summed E-state index contributed by atoms with van der Waals surface area (Å²) in [7, 11) is 1.22. The highest BCUT2D eigenvalue weighted by Gasteiger charge is 2.42. The maximum Gasteiger partial charge on any atom is 0.407 e. The Morgan fingerprint density at radius 3 is 2.65 bits per heavy atom. The van der Waals surface area contributed by atoms with Gasteiger partial charge in [-0.1, -0.05) is 32.0 Å². The van der Waals surface area contributed by atoms with Gasteiger partial charge in [-0.25, -0.2) is 19.6 Å². The summed E-state index contributed by atoms with van der Waals surface area (Å²) in [4.78, 5) is 57.1. The molecule has 8 rings (SSSR count). The molecule has 0 saturated carbocycles. The van der Waals surface area contributed by atoms with Crippen molar-refractivity contribution in [3.05, 3.63) is 65.9 Å². The number of halogens is 2. The van der Waals surface area contributed by atoms with Crippen LogP contribution in [0.25, 0.3) is 44.2 Å². The van der Waals surface area contributed by atoms with Crippen LogP contribution in [0.15, 0.2) is 48.7 Å². The average Bonchev–Trinajstić information content (AvgIpc) is 4.00. The van der Waals surface area contributed by atoms with E-state index in [9.17, 15) is 28.3 Å². The minimum Gasteiger partial charge on any atom is -0.488 e. The fourth-order valence-electron chi connectivity index (χ4n) is 8.20. The van der Waals surface area contributed by atoms with Crippen LogP contribution in [-0.2, 0) is 20.9 Å². The van der Waals surface area contributed by atoms with E-state index < -0.39 is 30.9 Å². The number of nitrogens with zero attached hydrogens (tertiary/aromatic N) is 4. The third kappa shape index (κ3) is 6.79. The number of likely N-dealkylation sites (tertiary alicyclic amines) is 2. The molecule has 0 radical (unpaired) electrons. The number of aromatic amines is 2. The predicted octanol–water partition coefficient (Wildman–Crippen LogP) is 6.99. The van der Waals surface area contributed by atoms with Gasteiger partial charge in [-0.05, 0) is 71.5 Å². The molecule has 3 aromatic carbocycles. The highest BCUT2D eigenvalue weighted by atomic mass is 19.3. The second-order valence-corrected chi connectivity index (χ2v) is 14.7. The summed E-state index contributed by atoms with van der Waals surface area (Å²) >= 11 is 0. The molecule has 0 aliphatic carbocycles. The largest absolute Gasteiger partial charge is 0.488 e. The zero-order valence-electron chi connectivity index (χ0n) is 30.5. The van der Waals surface area contributed by atoms with Crippen LogP contribution in [0.3, 0.4) is 0 Å². The van der Waals surface area contributed by atoms with Gasteiger partial charge >= 0.3 is 18.8 Å². The van der Waals surface area contributed by atoms with Crippen molar-refractivity contribution in [3.63, 3.8) is 0 Å². The number of methoxy groups -OCH3 is 1. The Hall–Kier alpha value is -5.77. The van der Waals surface area contributed by atoms with Crippen LogP contribution in [0.1, 0.15) is 62.4 Å². The molecule has 55 heavy (non-hydrogen) atoms. The molecule has 2 saturated heterocycles. The minimum atomic E-state index is -2.94. The van der Waals surface area contributed by atoms with Crippen molar-refractivity contribution in [2.45, 2.75) is 64.5 Å². The average molecular weight is 758 g/mol. The lowest BCUT2D eigenvalue weighted by Crippen LogP contribution is -2.51. The fourth-order valence-corrected chi connectivity index (χ4v) is 8.20. The number of carboxylic acid groups (broad SMARTS) is 1. The Kier molecular flexibility index (Phi) is 9.53. The number of carbonyl (C=O) groups excluding carboxylic acids is 2. The number of alkyl carbamates (subject to hydrolysis) is 1. The molecule has 1 unspecified atom stereocenters. The zero-order chi connectivity index (χ0) is 38.5. The Morgan fingerprint density at radius 2 is 1.89 bits per heavy atom. The number of alkyl halides is 2. The number of fused-ring (bicyclic) bond motifs is 6. The summed E-state index contributed by atoms with van der Waals surface area (Å²) in [6.45, 7) is 1.40. The highest BCUT2D eigenvalue weighted by molar-refractivity contribution is 6.07. The van der Waals surface area contributed by atoms with Gasteiger partial charge in [0, 0.05) is 30.0 Å². The number of aromatic nitrogens is 4. The Balaban J connectivity index is 1.09. The van der Waals surface area contributed by atoms with Crippen LogP contribution in [-0.4, -0.2) is 92.4 Å². The van der Waals surface area contributed by atoms with Gasteiger partial charge in [0.2, 0.25) is 5.91 Å². The van der Waals surface area contributed by atoms with E-state index in [-0.39, 0.29) is 36.9 Å². The van der Waals surface area contributed by atoms with E-state index in [1.54, 1.807) is 24.9 Å². The molecule has 4 N–H and O–H groups in total. The van der Waals surface area contributed by atoms with Crippen molar-refractivity contribution >= 4 is 39.9 Å². The third-order valence-corrected chi connectivity index (χ3v) is 10.9. The zero-order valence-corrected chi connectivity index (χ0v) is 30.5. The van der Waals surface area contributed by atoms with Crippen LogP contribution in [0.5, 0.6) is 5.75 Å². The molecule has 2 fully saturated rings. The van der Waals surface area contributed by atoms with E-state index in [4.69, 9.17) is 14.5 Å². The molecule has 3 aliphatic rings. The molecular weight excluding hydrogens is 716 g/mol. The molecule has 4 atom stereocenters. The van der Waals surface area contributed by atoms with E-state index in [1.165, 1.54) is 12.0 Å². The first-order valence-electron chi connectivity index (χ1n) is 18.3. The number of hydrogen-bond donors (Lipinski definition) is 4. The standard InChI is InChI=1S/C39H41F2N7O7/c1-19(2)32(46-38(50)53-3)36(49)48-16-20(17-55-37(40)41)11-30(48)35-43-27-9-7-21-13-26-24-8-6-22(12-23(24)18-54-31(26)14-25(21)33(27)45-35)28-15-42-34(44-28)29-5-4-10-47(29)39(51)52/h6-9,12-15,19-20,29-30,32,37H,4-5,10-11,16-18H2,1-3H3,(H,42,44)(H,43,45)(H,46,50)(H,51,52)/t20-,29?,30-,32-/m0/s1. The van der Waals surface area contributed by atoms with E-state index in [2.05, 4.69) is 43.2 Å². The van der Waals surface area contributed by atoms with Crippen molar-refractivity contribution < 1.29 is 42.5 Å². The van der Waals surface area contributed by atoms with Crippen LogP contribution in [0, 0.1) is 11.8 Å². The van der Waals surface area contributed by atoms with Crippen molar-refractivity contribution in [3.8, 4) is 28.1 Å². The van der Waals surface area contributed by atoms with Gasteiger partial charge in [0.15, 0.2) is 0 Å². The number of nitrogens with one attached hydrogen (secondary N) is 3. The van der Waals surface area contributed by atoms with Gasteiger partial charge in [-0.2, -0.15) is 8.78 Å². The number of ether oxygens (including phenoxy) is 3. The molecule has 16 heteroatoms. The van der Waals surface area contributed by atoms with E-state index in [1.807, 2.05) is 24.3 Å². The summed E-state index contributed by atoms with van der Waals surface area (Å²) in [6.07, 6.45) is 1.90. The predicted molar refractivity (Wildman–Crippen MR) is 196 cm³/mol. The van der Waals surface area contributed by atoms with E-state index in [0.29, 0.717) is 42.5 Å². The lowest BCUT2D eigenvalue weighted by atomic mass is 9.92. The molecule has 0 bridgehead atoms. The van der Waals surface area contributed by atoms with Gasteiger partial charge in [-0.15, -0.1) is 0 Å². The van der Waals surface area contributed by atoms with Crippen molar-refractivity contribution in [1.29, 1.82) is 0 Å². The minimum absolute atomic E-state index is 0.147. The molecule has 3 aliphatic heterocycles. The van der Waals surface area contributed by atoms with Crippen LogP contribution in [0.4, 0.5) is 18.4 Å². The number of imidazole rings is 2. The Labute approximate surface area is 314 Å². The van der Waals surface area contributed by atoms with Crippen molar-refractivity contribution in [2.75, 3.05) is 26.8 Å². The van der Waals surface area contributed by atoms with Gasteiger partial charge < -0.3 is 39.5 Å². The molecule has 2 aromatic heterocycles. The lowest BCUT2D eigenvalue weighted by molar-refractivity contribution is -0.139. The Bertz CT molecular complexity index is 2290. The molecule has 288 valence electrons. The van der Waals surface area contributed by atoms with Gasteiger partial charge in [0.05, 0.1) is 48.7 Å². The number of benzene rings is 3. The highest BCUT2D eigenvalue weighted by Crippen LogP contribution is 2.44. The quantitative estimate of drug-likeness (QED) is 0.124. The van der Waals surface area contributed by atoms with Gasteiger partial charge in [0.1, 0.15) is 30.0 Å². The SMILES string of the molecule is COC(=O)N[C@H](C(=O)N1C[C@@H](COC(F)F)C[C@H]1c1nc2c(ccc3cc4c(cc32)OCc2cc(-c3cnc(C5CCCN5C(=O)O)[nH]3)ccc2-4)[nH]1)C(C)C. The summed E-state index contributed by atoms with van der Waals surface area (Å²) in [5.41, 5.74) is 6.07. The smallest absolute Gasteiger partial charge is 0.407 e. The second-order valence-electron chi connectivity index (χ2n) is 14.7. The van der Waals surface area contributed by atoms with Crippen LogP contribution < -0.4 is 10.1 Å². The van der Waals surface area contributed by atoms with Crippen LogP contribution in [0.2, 0.25) is 0 Å². The second kappa shape index (κ2) is 14.5. The topological polar surface area (TPSA) is 175 Å². The maximum atomic E-state index is 14.0. The number of rotatable bonds is 9. The maximum absolute atomic E-state index is 14.0. The first-order chi connectivity index (χ1) is 26.5. The molecule has 5 aromatic rings. The van der Waals surface area contributed by atoms with Gasteiger partial charge in [0.25, 0.3) is 0 Å². The third-order valence-electron chi connectivity index (χ3n) is 10.9. The van der Waals surface area contributed by atoms with E-state index >= 15 is 0 Å². The summed E-state index contributed by atoms with van der Waals surface area (Å²) < 4.78 is 41.8. The molecule has 3 amide bonds. The number of H-pyrrole nitrogens is 2. The van der Waals surface area contributed by atoms with Gasteiger partial charge in [-0.3, -0.25) is 9.69 Å². The van der Waals surface area contributed by atoms with Crippen LogP contribution >= 0.6 is 0 Å². The summed E-state index contributed by atoms with van der Waals surface area (Å²) in [5.74, 6) is 0.794. The number of hydrogen-bond acceptors (Lipinski definition) is 8. The molecular formula is C39H41F2N7O7. The number of carbonyl (C=O) groups is 3. The van der Waals surface area contributed by atoms with E-state index in [0.717, 1.165) is 57.1 Å². The molecule has 0 spiro atoms. The lowest BCUT2D eigenvalue weighted by Gasteiger charge is -2.30. The summed E-state index contributed by atoms with van der Waals surface area (Å²) in [5, 5.41) is 14.0. The monoisotopic (exact) mass is 757 g/mol. The first kappa shape index (κ1) is 36.2. The molecule has 5 heterocycles. The summed E-state index contributed by atoms with van der Waals surface area (Å²) in [6, 6.07) is 12.3.